The fourth-order valence-corrected chi connectivity index (χ4v) is 0. The van der Waals surface area contributed by atoms with Gasteiger partial charge in [0.25, 0.3) is 0 Å². The Kier molecular flexibility index (Phi) is 498. The molecule has 0 saturated heterocycles. The minimum atomic E-state index is -1.08. The molecule has 0 N–H and O–H groups in total. The summed E-state index contributed by atoms with van der Waals surface area (Å²) < 4.78 is 0. The summed E-state index contributed by atoms with van der Waals surface area (Å²) in [7, 11) is 0. The molecule has 0 atom stereocenters. The fraction of sp³-hybridized carbons (Fsp3) is 0.500. The van der Waals surface area contributed by atoms with Crippen LogP contribution in [0.15, 0.2) is 0 Å². The molecule has 56 valence electrons. The normalized spacial score (nSPS) is 2.08. The summed E-state index contributed by atoms with van der Waals surface area (Å²) in [5, 5.41) is 8.89. The van der Waals surface area contributed by atoms with Crippen molar-refractivity contribution in [3.8, 4) is 0 Å². The summed E-state index contributed by atoms with van der Waals surface area (Å²) in [6, 6.07) is 0. The van der Waals surface area contributed by atoms with Crippen LogP contribution >= 0.6 is 0 Å². The van der Waals surface area contributed by atoms with E-state index >= 15 is 0 Å². The van der Waals surface area contributed by atoms with Gasteiger partial charge >= 0.3 is 90.2 Å². The van der Waals surface area contributed by atoms with Crippen LogP contribution in [0.25, 0.3) is 0 Å². The molecule has 0 unspecified atom stereocenters. The smallest absolute Gasteiger partial charge is 2.00 e. The van der Waals surface area contributed by atoms with Gasteiger partial charge in [-0.2, -0.15) is 0 Å². The molecule has 12 heavy (non-hydrogen) atoms. The Morgan fingerprint density at radius 2 is 1.17 bits per heavy atom. The van der Waals surface area contributed by atoms with Crippen LogP contribution in [-0.4, -0.2) is 5.97 Å². The molecule has 0 radical (unpaired) electrons. The summed E-state index contributed by atoms with van der Waals surface area (Å²) >= 11 is 0. The van der Waals surface area contributed by atoms with Gasteiger partial charge in [0.2, 0.25) is 0 Å². The van der Waals surface area contributed by atoms with Crippen LogP contribution in [0, 0.1) is 0 Å². The van der Waals surface area contributed by atoms with Crippen molar-refractivity contribution >= 4 is 5.97 Å². The van der Waals surface area contributed by atoms with Gasteiger partial charge in [-0.3, -0.25) is 0 Å². The van der Waals surface area contributed by atoms with Gasteiger partial charge in [0, 0.05) is 5.97 Å². The molecule has 0 aromatic rings. The number of rotatable bonds is 0. The topological polar surface area (TPSA) is 97.1 Å². The van der Waals surface area contributed by atoms with Crippen LogP contribution in [0.4, 0.5) is 0 Å². The second-order valence-electron chi connectivity index (χ2n) is 0.492. The molecule has 0 aromatic carbocycles. The van der Waals surface area contributed by atoms with E-state index in [4.69, 9.17) is 9.90 Å². The van der Waals surface area contributed by atoms with Crippen LogP contribution < -0.4 is 51.8 Å². The fourth-order valence-electron chi connectivity index (χ4n) is 0. The van der Waals surface area contributed by atoms with Gasteiger partial charge in [-0.1, -0.05) is 0 Å². The van der Waals surface area contributed by atoms with Gasteiger partial charge in [-0.15, -0.1) is 0 Å². The predicted octanol–water partition coefficient (Wildman–Crippen LogP) is -10.5. The van der Waals surface area contributed by atoms with Crippen LogP contribution in [0.5, 0.6) is 0 Å². The number of hydrogen-bond donors (Lipinski definition) is 0. The second kappa shape index (κ2) is 69.1. The summed E-state index contributed by atoms with van der Waals surface area (Å²) in [6.07, 6.45) is 0. The second-order valence-corrected chi connectivity index (χ2v) is 0.492. The molecule has 0 fully saturated rings. The molecule has 4 nitrogen and oxygen atoms in total. The summed E-state index contributed by atoms with van der Waals surface area (Å²) in [4.78, 5) is 8.89. The van der Waals surface area contributed by atoms with E-state index in [1.54, 1.807) is 0 Å². The molecule has 0 bridgehead atoms. The van der Waals surface area contributed by atoms with E-state index in [1.165, 1.54) is 0 Å². The first-order valence-electron chi connectivity index (χ1n) is 0.908. The first-order valence-corrected chi connectivity index (χ1v) is 0.908. The molecule has 10 heteroatoms. The molecule has 0 heterocycles. The van der Waals surface area contributed by atoms with Gasteiger partial charge < -0.3 is 38.0 Å². The quantitative estimate of drug-likeness (QED) is 0.407. The number of hydrogen-bond acceptors (Lipinski definition) is 2. The van der Waals surface area contributed by atoms with Crippen LogP contribution in [0.3, 0.4) is 0 Å². The van der Waals surface area contributed by atoms with E-state index in [0.717, 1.165) is 6.92 Å². The van der Waals surface area contributed by atoms with E-state index < -0.39 is 5.97 Å². The van der Waals surface area contributed by atoms with E-state index in [1.807, 2.05) is 0 Å². The molecule has 0 aliphatic heterocycles. The zero-order valence-corrected chi connectivity index (χ0v) is 17.1. The zero-order valence-electron chi connectivity index (χ0n) is 6.80. The van der Waals surface area contributed by atoms with Crippen molar-refractivity contribution in [2.24, 2.45) is 0 Å². The summed E-state index contributed by atoms with van der Waals surface area (Å²) in [6.45, 7) is 0.972. The molecule has 0 spiro atoms. The first-order chi connectivity index (χ1) is 1.73. The van der Waals surface area contributed by atoms with Gasteiger partial charge in [-0.05, 0) is 6.92 Å². The molecule has 0 aliphatic carbocycles. The average Bonchev–Trinajstić information content (AvgIpc) is 0.811. The number of aliphatic carboxylic acids is 1. The average molecular weight is 347 g/mol. The van der Waals surface area contributed by atoms with E-state index in [0.29, 0.717) is 0 Å². The standard InChI is InChI=1S/C2H4O2.ClH.FH.Na.2O.Ti.2Zn/c1-2(3)4;;;;;;;;/h1H3,(H,3,4);2*1H;;;;;;/q;;;+1;2*-2;+4;2*+2/p-3. The third-order valence-corrected chi connectivity index (χ3v) is 0. The van der Waals surface area contributed by atoms with Crippen molar-refractivity contribution in [2.75, 3.05) is 0 Å². The maximum absolute atomic E-state index is 8.89. The van der Waals surface area contributed by atoms with Gasteiger partial charge in [0.1, 0.15) is 0 Å². The Hall–Kier alpha value is 2.57. The molecule has 0 aliphatic rings. The largest absolute Gasteiger partial charge is 4.00 e. The van der Waals surface area contributed by atoms with Crippen molar-refractivity contribution in [2.45, 2.75) is 6.92 Å². The molecule has 0 amide bonds. The molecular formula is C2H3ClFNaO4TiZn2+2. The maximum atomic E-state index is 8.89. The first kappa shape index (κ1) is 86.5. The van der Waals surface area contributed by atoms with Gasteiger partial charge in [0.05, 0.1) is 0 Å². The van der Waals surface area contributed by atoms with Crippen LogP contribution in [0.2, 0.25) is 0 Å². The molecular weight excluding hydrogens is 344 g/mol. The summed E-state index contributed by atoms with van der Waals surface area (Å²) in [5.74, 6) is -1.08. The van der Waals surface area contributed by atoms with Crippen molar-refractivity contribution in [1.29, 1.82) is 0 Å². The monoisotopic (exact) mass is 344 g/mol. The Morgan fingerprint density at radius 3 is 1.17 bits per heavy atom. The van der Waals surface area contributed by atoms with Crippen LogP contribution in [0.1, 0.15) is 6.92 Å². The van der Waals surface area contributed by atoms with Crippen molar-refractivity contribution in [3.05, 3.63) is 0 Å². The van der Waals surface area contributed by atoms with Crippen molar-refractivity contribution < 1.29 is 128 Å². The number of carbonyl (C=O) groups excluding carboxylic acids is 1. The Balaban J connectivity index is -0.00000000161. The maximum Gasteiger partial charge on any atom is 4.00 e. The molecule has 0 aromatic heterocycles. The van der Waals surface area contributed by atoms with Crippen LogP contribution in [-0.2, 0) is 76.4 Å². The van der Waals surface area contributed by atoms with Crippen molar-refractivity contribution in [1.82, 2.24) is 0 Å². The van der Waals surface area contributed by atoms with E-state index in [2.05, 4.69) is 0 Å². The Labute approximate surface area is 139 Å². The number of carboxylic acids is 1. The number of halogens is 2. The Morgan fingerprint density at radius 1 is 1.17 bits per heavy atom. The Bertz CT molecular complexity index is 54.0. The third-order valence-electron chi connectivity index (χ3n) is 0. The minimum absolute atomic E-state index is 0. The third kappa shape index (κ3) is 255. The van der Waals surface area contributed by atoms with Gasteiger partial charge in [-0.25, -0.2) is 0 Å². The SMILES string of the molecule is CC(=O)[O-].[Cl-].[F-].[Na+].[O-2].[O-2].[Ti+4].[Zn+2].[Zn+2]. The number of carboxylic acid groups (broad SMARTS) is 1. The van der Waals surface area contributed by atoms with E-state index in [-0.39, 0.29) is 118 Å². The minimum Gasteiger partial charge on any atom is -2.00 e. The summed E-state index contributed by atoms with van der Waals surface area (Å²) in [5.41, 5.74) is 0. The number of carbonyl (C=O) groups is 1. The van der Waals surface area contributed by atoms with Crippen molar-refractivity contribution in [3.63, 3.8) is 0 Å². The molecule has 0 rings (SSSR count). The van der Waals surface area contributed by atoms with Gasteiger partial charge in [0.15, 0.2) is 0 Å². The molecule has 0 saturated carbocycles. The van der Waals surface area contributed by atoms with E-state index in [9.17, 15) is 0 Å². The predicted molar refractivity (Wildman–Crippen MR) is 12.1 cm³/mol. The zero-order chi connectivity index (χ0) is 3.58.